The number of para-hydroxylation sites is 1. The first-order valence-electron chi connectivity index (χ1n) is 8.96. The summed E-state index contributed by atoms with van der Waals surface area (Å²) in [4.78, 5) is 6.95. The molecule has 0 aliphatic carbocycles. The zero-order valence-electron chi connectivity index (χ0n) is 15.8. The summed E-state index contributed by atoms with van der Waals surface area (Å²) in [5.41, 5.74) is 2.46. The van der Waals surface area contributed by atoms with E-state index in [0.717, 1.165) is 37.8 Å². The van der Waals surface area contributed by atoms with Gasteiger partial charge in [-0.05, 0) is 44.0 Å². The molecule has 136 valence electrons. The van der Waals surface area contributed by atoms with Gasteiger partial charge in [-0.15, -0.1) is 0 Å². The summed E-state index contributed by atoms with van der Waals surface area (Å²) in [6.45, 7) is 7.19. The number of ether oxygens (including phenoxy) is 1. The molecule has 5 heteroatoms. The predicted octanol–water partition coefficient (Wildman–Crippen LogP) is 3.06. The molecule has 0 aliphatic rings. The quantitative estimate of drug-likeness (QED) is 0.592. The van der Waals surface area contributed by atoms with Crippen LogP contribution in [0.3, 0.4) is 0 Å². The molecule has 1 aromatic carbocycles. The number of nitrogens with one attached hydrogen (secondary N) is 1. The molecular formula is C20H30N4O. The molecule has 0 saturated heterocycles. The van der Waals surface area contributed by atoms with Gasteiger partial charge in [0.2, 0.25) is 0 Å². The summed E-state index contributed by atoms with van der Waals surface area (Å²) in [5, 5.41) is 3.38. The van der Waals surface area contributed by atoms with Crippen molar-refractivity contribution in [1.29, 1.82) is 0 Å². The predicted molar refractivity (Wildman–Crippen MR) is 104 cm³/mol. The van der Waals surface area contributed by atoms with Gasteiger partial charge in [0.05, 0.1) is 13.2 Å². The Balaban J connectivity index is 2.00. The molecule has 0 unspecified atom stereocenters. The van der Waals surface area contributed by atoms with Crippen LogP contribution in [0.25, 0.3) is 0 Å². The van der Waals surface area contributed by atoms with E-state index >= 15 is 0 Å². The first-order valence-corrected chi connectivity index (χ1v) is 8.96. The molecule has 0 aliphatic heterocycles. The normalized spacial score (nSPS) is 11.4. The van der Waals surface area contributed by atoms with Gasteiger partial charge in [0.1, 0.15) is 5.75 Å². The number of nitrogens with zero attached hydrogens (tertiary/aromatic N) is 3. The van der Waals surface area contributed by atoms with E-state index in [1.807, 2.05) is 25.1 Å². The van der Waals surface area contributed by atoms with Gasteiger partial charge < -0.3 is 19.5 Å². The molecule has 0 saturated carbocycles. The van der Waals surface area contributed by atoms with E-state index in [4.69, 9.17) is 9.73 Å². The fourth-order valence-corrected chi connectivity index (χ4v) is 2.74. The van der Waals surface area contributed by atoms with Gasteiger partial charge in [0.15, 0.2) is 5.96 Å². The smallest absolute Gasteiger partial charge is 0.194 e. The molecule has 2 aromatic rings. The van der Waals surface area contributed by atoms with Crippen LogP contribution in [-0.2, 0) is 20.0 Å². The van der Waals surface area contributed by atoms with E-state index in [-0.39, 0.29) is 0 Å². The van der Waals surface area contributed by atoms with E-state index in [0.29, 0.717) is 6.61 Å². The largest absolute Gasteiger partial charge is 0.494 e. The highest BCUT2D eigenvalue weighted by molar-refractivity contribution is 5.79. The SMILES string of the molecule is CCNC(=NCCc1ccccc1OCC)N(C)Cc1cccn1C. The molecule has 1 N–H and O–H groups in total. The Labute approximate surface area is 151 Å². The van der Waals surface area contributed by atoms with Crippen molar-refractivity contribution in [3.05, 3.63) is 53.9 Å². The van der Waals surface area contributed by atoms with E-state index in [1.54, 1.807) is 0 Å². The fraction of sp³-hybridized carbons (Fsp3) is 0.450. The molecule has 1 heterocycles. The second kappa shape index (κ2) is 9.77. The van der Waals surface area contributed by atoms with Crippen molar-refractivity contribution in [3.63, 3.8) is 0 Å². The zero-order chi connectivity index (χ0) is 18.1. The van der Waals surface area contributed by atoms with Crippen molar-refractivity contribution in [2.45, 2.75) is 26.8 Å². The summed E-state index contributed by atoms with van der Waals surface area (Å²) in [7, 11) is 4.14. The molecule has 2 rings (SSSR count). The highest BCUT2D eigenvalue weighted by Crippen LogP contribution is 2.18. The minimum Gasteiger partial charge on any atom is -0.494 e. The monoisotopic (exact) mass is 342 g/mol. The fourth-order valence-electron chi connectivity index (χ4n) is 2.74. The summed E-state index contributed by atoms with van der Waals surface area (Å²) in [6, 6.07) is 12.4. The Morgan fingerprint density at radius 3 is 2.68 bits per heavy atom. The van der Waals surface area contributed by atoms with Crippen molar-refractivity contribution >= 4 is 5.96 Å². The van der Waals surface area contributed by atoms with Crippen LogP contribution in [0.5, 0.6) is 5.75 Å². The first-order chi connectivity index (χ1) is 12.2. The van der Waals surface area contributed by atoms with Crippen LogP contribution in [0.1, 0.15) is 25.1 Å². The molecule has 0 amide bonds. The van der Waals surface area contributed by atoms with E-state index in [9.17, 15) is 0 Å². The van der Waals surface area contributed by atoms with E-state index in [2.05, 4.69) is 60.2 Å². The Morgan fingerprint density at radius 2 is 2.00 bits per heavy atom. The highest BCUT2D eigenvalue weighted by atomic mass is 16.5. The average molecular weight is 342 g/mol. The Morgan fingerprint density at radius 1 is 1.20 bits per heavy atom. The lowest BCUT2D eigenvalue weighted by molar-refractivity contribution is 0.336. The van der Waals surface area contributed by atoms with Crippen LogP contribution in [0, 0.1) is 0 Å². The van der Waals surface area contributed by atoms with Crippen LogP contribution < -0.4 is 10.1 Å². The number of guanidine groups is 1. The van der Waals surface area contributed by atoms with Crippen LogP contribution >= 0.6 is 0 Å². The van der Waals surface area contributed by atoms with Gasteiger partial charge in [-0.25, -0.2) is 0 Å². The topological polar surface area (TPSA) is 41.8 Å². The van der Waals surface area contributed by atoms with Gasteiger partial charge in [0.25, 0.3) is 0 Å². The maximum absolute atomic E-state index is 5.70. The van der Waals surface area contributed by atoms with E-state index in [1.165, 1.54) is 11.3 Å². The number of hydrogen-bond acceptors (Lipinski definition) is 2. The van der Waals surface area contributed by atoms with Crippen molar-refractivity contribution in [2.24, 2.45) is 12.0 Å². The van der Waals surface area contributed by atoms with Crippen LogP contribution in [-0.4, -0.2) is 42.2 Å². The lowest BCUT2D eigenvalue weighted by atomic mass is 10.1. The van der Waals surface area contributed by atoms with Gasteiger partial charge in [0, 0.05) is 39.1 Å². The van der Waals surface area contributed by atoms with Gasteiger partial charge >= 0.3 is 0 Å². The summed E-state index contributed by atoms with van der Waals surface area (Å²) >= 11 is 0. The van der Waals surface area contributed by atoms with Crippen molar-refractivity contribution < 1.29 is 4.74 Å². The minimum absolute atomic E-state index is 0.683. The molecule has 25 heavy (non-hydrogen) atoms. The van der Waals surface area contributed by atoms with Crippen molar-refractivity contribution in [3.8, 4) is 5.75 Å². The number of aromatic nitrogens is 1. The number of rotatable bonds is 8. The van der Waals surface area contributed by atoms with Gasteiger partial charge in [-0.2, -0.15) is 0 Å². The molecule has 0 bridgehead atoms. The summed E-state index contributed by atoms with van der Waals surface area (Å²) < 4.78 is 7.83. The lowest BCUT2D eigenvalue weighted by Gasteiger charge is -2.22. The van der Waals surface area contributed by atoms with Crippen molar-refractivity contribution in [1.82, 2.24) is 14.8 Å². The zero-order valence-corrected chi connectivity index (χ0v) is 15.8. The standard InChI is InChI=1S/C20H30N4O/c1-5-21-20(24(4)16-18-11-9-15-23(18)3)22-14-13-17-10-7-8-12-19(17)25-6-2/h7-12,15H,5-6,13-14,16H2,1-4H3,(H,21,22). The molecule has 1 aromatic heterocycles. The van der Waals surface area contributed by atoms with Crippen LogP contribution in [0.2, 0.25) is 0 Å². The molecular weight excluding hydrogens is 312 g/mol. The van der Waals surface area contributed by atoms with Gasteiger partial charge in [-0.1, -0.05) is 18.2 Å². The molecule has 0 radical (unpaired) electrons. The number of hydrogen-bond donors (Lipinski definition) is 1. The first kappa shape index (κ1) is 18.9. The van der Waals surface area contributed by atoms with Gasteiger partial charge in [-0.3, -0.25) is 4.99 Å². The van der Waals surface area contributed by atoms with Crippen LogP contribution in [0.4, 0.5) is 0 Å². The van der Waals surface area contributed by atoms with Crippen LogP contribution in [0.15, 0.2) is 47.6 Å². The highest BCUT2D eigenvalue weighted by Gasteiger charge is 2.08. The molecule has 5 nitrogen and oxygen atoms in total. The maximum Gasteiger partial charge on any atom is 0.194 e. The number of benzene rings is 1. The molecule has 0 spiro atoms. The maximum atomic E-state index is 5.70. The Hall–Kier alpha value is -2.43. The number of aliphatic imine (C=N–C) groups is 1. The number of aryl methyl sites for hydroxylation is 1. The second-order valence-corrected chi connectivity index (χ2v) is 5.99. The lowest BCUT2D eigenvalue weighted by Crippen LogP contribution is -2.39. The van der Waals surface area contributed by atoms with Crippen molar-refractivity contribution in [2.75, 3.05) is 26.7 Å². The van der Waals surface area contributed by atoms with E-state index < -0.39 is 0 Å². The Kier molecular flexibility index (Phi) is 7.38. The third-order valence-corrected chi connectivity index (χ3v) is 4.06. The summed E-state index contributed by atoms with van der Waals surface area (Å²) in [5.74, 6) is 1.89. The average Bonchev–Trinajstić information content (AvgIpc) is 3.00. The molecule has 0 fully saturated rings. The summed E-state index contributed by atoms with van der Waals surface area (Å²) in [6.07, 6.45) is 2.93. The molecule has 0 atom stereocenters. The third-order valence-electron chi connectivity index (χ3n) is 4.06. The Bertz CT molecular complexity index is 678. The minimum atomic E-state index is 0.683. The second-order valence-electron chi connectivity index (χ2n) is 5.99. The third kappa shape index (κ3) is 5.55.